The Kier molecular flexibility index (Phi) is 5.44. The van der Waals surface area contributed by atoms with Crippen LogP contribution in [0.25, 0.3) is 0 Å². The zero-order valence-corrected chi connectivity index (χ0v) is 11.7. The van der Waals surface area contributed by atoms with E-state index in [4.69, 9.17) is 14.9 Å². The molecule has 7 nitrogen and oxygen atoms in total. The van der Waals surface area contributed by atoms with Crippen LogP contribution in [0.5, 0.6) is 0 Å². The van der Waals surface area contributed by atoms with Crippen LogP contribution in [0, 0.1) is 0 Å². The zero-order valence-electron chi connectivity index (χ0n) is 10.8. The highest BCUT2D eigenvalue weighted by Crippen LogP contribution is 2.38. The van der Waals surface area contributed by atoms with Gasteiger partial charge in [0.1, 0.15) is 6.04 Å². The largest absolute Gasteiger partial charge is 0.480 e. The molecule has 0 spiro atoms. The summed E-state index contributed by atoms with van der Waals surface area (Å²) < 4.78 is 10.8. The molecule has 0 radical (unpaired) electrons. The first-order chi connectivity index (χ1) is 9.17. The zero-order chi connectivity index (χ0) is 15.3. The van der Waals surface area contributed by atoms with E-state index in [2.05, 4.69) is 5.32 Å². The molecule has 0 saturated carbocycles. The quantitative estimate of drug-likeness (QED) is 0.567. The Hall–Kier alpha value is -1.69. The van der Waals surface area contributed by atoms with E-state index in [1.165, 1.54) is 19.1 Å². The van der Waals surface area contributed by atoms with Gasteiger partial charge in [-0.3, -0.25) is 9.36 Å². The van der Waals surface area contributed by atoms with Gasteiger partial charge in [-0.05, 0) is 11.1 Å². The number of hydrogen-bond acceptors (Lipinski definition) is 3. The summed E-state index contributed by atoms with van der Waals surface area (Å²) in [5, 5.41) is 11.3. The molecule has 1 rings (SSSR count). The van der Waals surface area contributed by atoms with E-state index in [1.807, 2.05) is 0 Å². The van der Waals surface area contributed by atoms with E-state index in [0.29, 0.717) is 11.1 Å². The standard InChI is InChI=1S/C12H16NO6P/c1-8(14)13-11(12(15)16)6-9-2-4-10(5-3-9)7-20(17,18)19/h2-5,11H,6-7H2,1H3,(H,13,14)(H,15,16)(H2,17,18,19)/t11-/m1/s1. The van der Waals surface area contributed by atoms with Crippen LogP contribution in [0.1, 0.15) is 18.1 Å². The summed E-state index contributed by atoms with van der Waals surface area (Å²) in [6.45, 7) is 1.24. The fourth-order valence-electron chi connectivity index (χ4n) is 1.70. The Morgan fingerprint density at radius 2 is 1.70 bits per heavy atom. The van der Waals surface area contributed by atoms with Gasteiger partial charge in [-0.15, -0.1) is 0 Å². The normalized spacial score (nSPS) is 12.8. The van der Waals surface area contributed by atoms with Crippen molar-refractivity contribution in [2.75, 3.05) is 0 Å². The summed E-state index contributed by atoms with van der Waals surface area (Å²) in [7, 11) is -4.12. The number of aliphatic carboxylic acids is 1. The predicted octanol–water partition coefficient (Wildman–Crippen LogP) is 0.496. The van der Waals surface area contributed by atoms with Gasteiger partial charge in [0, 0.05) is 13.3 Å². The van der Waals surface area contributed by atoms with E-state index >= 15 is 0 Å². The van der Waals surface area contributed by atoms with Crippen LogP contribution in [0.2, 0.25) is 0 Å². The molecule has 0 heterocycles. The molecule has 0 aliphatic heterocycles. The highest BCUT2D eigenvalue weighted by Gasteiger charge is 2.19. The van der Waals surface area contributed by atoms with Gasteiger partial charge in [0.25, 0.3) is 0 Å². The van der Waals surface area contributed by atoms with Gasteiger partial charge in [-0.25, -0.2) is 4.79 Å². The molecule has 0 fully saturated rings. The summed E-state index contributed by atoms with van der Waals surface area (Å²) in [5.41, 5.74) is 1.12. The van der Waals surface area contributed by atoms with Gasteiger partial charge in [-0.1, -0.05) is 24.3 Å². The minimum Gasteiger partial charge on any atom is -0.480 e. The van der Waals surface area contributed by atoms with Crippen LogP contribution < -0.4 is 5.32 Å². The molecular formula is C12H16NO6P. The van der Waals surface area contributed by atoms with Crippen molar-refractivity contribution >= 4 is 19.5 Å². The lowest BCUT2D eigenvalue weighted by molar-refractivity contribution is -0.141. The van der Waals surface area contributed by atoms with Gasteiger partial charge >= 0.3 is 13.6 Å². The lowest BCUT2D eigenvalue weighted by Crippen LogP contribution is -2.41. The van der Waals surface area contributed by atoms with E-state index in [9.17, 15) is 14.2 Å². The van der Waals surface area contributed by atoms with Crippen molar-refractivity contribution in [2.45, 2.75) is 25.5 Å². The van der Waals surface area contributed by atoms with Gasteiger partial charge in [0.2, 0.25) is 5.91 Å². The second-order valence-electron chi connectivity index (χ2n) is 4.43. The molecule has 110 valence electrons. The number of rotatable bonds is 6. The van der Waals surface area contributed by atoms with Gasteiger partial charge in [-0.2, -0.15) is 0 Å². The Morgan fingerprint density at radius 1 is 1.20 bits per heavy atom. The topological polar surface area (TPSA) is 124 Å². The minimum absolute atomic E-state index is 0.102. The third-order valence-corrected chi connectivity index (χ3v) is 3.30. The van der Waals surface area contributed by atoms with Crippen LogP contribution in [0.3, 0.4) is 0 Å². The molecule has 0 saturated heterocycles. The fraction of sp³-hybridized carbons (Fsp3) is 0.333. The first kappa shape index (κ1) is 16.4. The summed E-state index contributed by atoms with van der Waals surface area (Å²) in [5.74, 6) is -1.57. The van der Waals surface area contributed by atoms with E-state index < -0.39 is 25.5 Å². The second-order valence-corrected chi connectivity index (χ2v) is 6.08. The maximum absolute atomic E-state index is 11.0. The predicted molar refractivity (Wildman–Crippen MR) is 71.1 cm³/mol. The Morgan fingerprint density at radius 3 is 2.10 bits per heavy atom. The molecule has 8 heteroatoms. The first-order valence-corrected chi connectivity index (χ1v) is 7.59. The van der Waals surface area contributed by atoms with Gasteiger partial charge < -0.3 is 20.2 Å². The van der Waals surface area contributed by atoms with Crippen molar-refractivity contribution in [1.82, 2.24) is 5.32 Å². The molecule has 1 aromatic carbocycles. The molecule has 0 aromatic heterocycles. The molecule has 1 aromatic rings. The average Bonchev–Trinajstić information content (AvgIpc) is 2.28. The molecule has 4 N–H and O–H groups in total. The number of carboxylic acid groups (broad SMARTS) is 1. The highest BCUT2D eigenvalue weighted by molar-refractivity contribution is 7.50. The van der Waals surface area contributed by atoms with Crippen molar-refractivity contribution in [2.24, 2.45) is 0 Å². The van der Waals surface area contributed by atoms with Gasteiger partial charge in [0.05, 0.1) is 6.16 Å². The SMILES string of the molecule is CC(=O)N[C@H](Cc1ccc(CP(=O)(O)O)cc1)C(=O)O. The first-order valence-electron chi connectivity index (χ1n) is 5.79. The van der Waals surface area contributed by atoms with Gasteiger partial charge in [0.15, 0.2) is 0 Å². The summed E-state index contributed by atoms with van der Waals surface area (Å²) in [6, 6.07) is 5.20. The molecule has 20 heavy (non-hydrogen) atoms. The van der Waals surface area contributed by atoms with Crippen molar-refractivity contribution in [3.05, 3.63) is 35.4 Å². The van der Waals surface area contributed by atoms with E-state index in [0.717, 1.165) is 0 Å². The third kappa shape index (κ3) is 5.97. The highest BCUT2D eigenvalue weighted by atomic mass is 31.2. The summed E-state index contributed by atoms with van der Waals surface area (Å²) in [4.78, 5) is 39.6. The number of carbonyl (C=O) groups excluding carboxylic acids is 1. The molecular weight excluding hydrogens is 285 g/mol. The van der Waals surface area contributed by atoms with Crippen molar-refractivity contribution in [3.8, 4) is 0 Å². The number of hydrogen-bond donors (Lipinski definition) is 4. The van der Waals surface area contributed by atoms with E-state index in [-0.39, 0.29) is 12.6 Å². The van der Waals surface area contributed by atoms with Crippen LogP contribution in [0.15, 0.2) is 24.3 Å². The van der Waals surface area contributed by atoms with Crippen LogP contribution in [-0.4, -0.2) is 32.8 Å². The molecule has 1 amide bonds. The fourth-order valence-corrected chi connectivity index (χ4v) is 2.39. The molecule has 1 atom stereocenters. The Bertz CT molecular complexity index is 535. The van der Waals surface area contributed by atoms with Crippen LogP contribution in [-0.2, 0) is 26.7 Å². The number of amides is 1. The maximum atomic E-state index is 11.0. The van der Waals surface area contributed by atoms with Crippen molar-refractivity contribution in [1.29, 1.82) is 0 Å². The smallest absolute Gasteiger partial charge is 0.329 e. The third-order valence-electron chi connectivity index (χ3n) is 2.53. The second kappa shape index (κ2) is 6.65. The summed E-state index contributed by atoms with van der Waals surface area (Å²) in [6.07, 6.45) is -0.258. The van der Waals surface area contributed by atoms with Crippen molar-refractivity contribution in [3.63, 3.8) is 0 Å². The van der Waals surface area contributed by atoms with E-state index in [1.54, 1.807) is 12.1 Å². The molecule has 0 bridgehead atoms. The Labute approximate surface area is 115 Å². The number of carbonyl (C=O) groups is 2. The van der Waals surface area contributed by atoms with Crippen LogP contribution >= 0.6 is 7.60 Å². The lowest BCUT2D eigenvalue weighted by Gasteiger charge is -2.13. The van der Waals surface area contributed by atoms with Crippen LogP contribution in [0.4, 0.5) is 0 Å². The molecule has 0 aliphatic rings. The number of nitrogens with one attached hydrogen (secondary N) is 1. The lowest BCUT2D eigenvalue weighted by atomic mass is 10.0. The minimum atomic E-state index is -4.12. The van der Waals surface area contributed by atoms with Crippen molar-refractivity contribution < 1.29 is 29.0 Å². The monoisotopic (exact) mass is 301 g/mol. The average molecular weight is 301 g/mol. The number of carboxylic acids is 1. The molecule has 0 unspecified atom stereocenters. The Balaban J connectivity index is 2.75. The summed E-state index contributed by atoms with van der Waals surface area (Å²) >= 11 is 0. The molecule has 0 aliphatic carbocycles. The number of benzene rings is 1. The maximum Gasteiger partial charge on any atom is 0.329 e.